The lowest BCUT2D eigenvalue weighted by molar-refractivity contribution is 0.789. The van der Waals surface area contributed by atoms with Crippen molar-refractivity contribution < 1.29 is 0 Å². The molecule has 1 atom stereocenters. The van der Waals surface area contributed by atoms with E-state index in [0.717, 1.165) is 10.9 Å². The van der Waals surface area contributed by atoms with Crippen LogP contribution in [0, 0.1) is 6.92 Å². The Balaban J connectivity index is 2.03. The van der Waals surface area contributed by atoms with E-state index in [2.05, 4.69) is 83.6 Å². The molecule has 0 saturated carbocycles. The highest BCUT2D eigenvalue weighted by molar-refractivity contribution is 9.10. The first kappa shape index (κ1) is 13.2. The number of halogens is 1. The quantitative estimate of drug-likeness (QED) is 0.855. The third-order valence-electron chi connectivity index (χ3n) is 2.91. The molecule has 0 aliphatic heterocycles. The van der Waals surface area contributed by atoms with Crippen LogP contribution in [0.2, 0.25) is 0 Å². The van der Waals surface area contributed by atoms with Gasteiger partial charge in [-0.2, -0.15) is 0 Å². The molecule has 2 aromatic carbocycles. The summed E-state index contributed by atoms with van der Waals surface area (Å²) in [4.78, 5) is 0. The highest BCUT2D eigenvalue weighted by Gasteiger charge is 2.06. The average Bonchev–Trinajstić information content (AvgIpc) is 2.35. The predicted octanol–water partition coefficient (Wildman–Crippen LogP) is 4.80. The normalized spacial score (nSPS) is 12.2. The Kier molecular flexibility index (Phi) is 4.43. The molecule has 0 bridgehead atoms. The second-order valence-electron chi connectivity index (χ2n) is 4.72. The Morgan fingerprint density at radius 3 is 2.56 bits per heavy atom. The molecule has 2 aromatic rings. The van der Waals surface area contributed by atoms with Gasteiger partial charge in [-0.1, -0.05) is 36.4 Å². The van der Waals surface area contributed by atoms with Gasteiger partial charge in [-0.25, -0.2) is 0 Å². The average molecular weight is 304 g/mol. The van der Waals surface area contributed by atoms with E-state index >= 15 is 0 Å². The highest BCUT2D eigenvalue weighted by Crippen LogP contribution is 2.24. The van der Waals surface area contributed by atoms with Gasteiger partial charge in [0.05, 0.1) is 0 Å². The first-order chi connectivity index (χ1) is 8.65. The van der Waals surface area contributed by atoms with E-state index in [4.69, 9.17) is 0 Å². The summed E-state index contributed by atoms with van der Waals surface area (Å²) < 4.78 is 1.12. The molecule has 2 rings (SSSR count). The van der Waals surface area contributed by atoms with Crippen LogP contribution in [0.4, 0.5) is 5.69 Å². The summed E-state index contributed by atoms with van der Waals surface area (Å²) in [6, 6.07) is 17.3. The lowest BCUT2D eigenvalue weighted by Gasteiger charge is -2.17. The minimum Gasteiger partial charge on any atom is -0.381 e. The van der Waals surface area contributed by atoms with E-state index < -0.39 is 0 Å². The van der Waals surface area contributed by atoms with Gasteiger partial charge in [0.2, 0.25) is 0 Å². The predicted molar refractivity (Wildman–Crippen MR) is 82.1 cm³/mol. The second kappa shape index (κ2) is 6.05. The first-order valence-corrected chi connectivity index (χ1v) is 7.01. The lowest BCUT2D eigenvalue weighted by Crippen LogP contribution is -2.18. The molecule has 0 amide bonds. The highest BCUT2D eigenvalue weighted by atomic mass is 79.9. The number of hydrogen-bond donors (Lipinski definition) is 1. The monoisotopic (exact) mass is 303 g/mol. The SMILES string of the molecule is Cc1ccc(Br)c(NC(C)Cc2ccccc2)c1. The molecule has 0 heterocycles. The van der Waals surface area contributed by atoms with Crippen molar-refractivity contribution >= 4 is 21.6 Å². The van der Waals surface area contributed by atoms with Gasteiger partial charge < -0.3 is 5.32 Å². The van der Waals surface area contributed by atoms with Crippen LogP contribution in [0.15, 0.2) is 53.0 Å². The molecule has 1 unspecified atom stereocenters. The van der Waals surface area contributed by atoms with E-state index in [9.17, 15) is 0 Å². The summed E-state index contributed by atoms with van der Waals surface area (Å²) in [6.07, 6.45) is 1.03. The molecule has 0 aliphatic rings. The minimum absolute atomic E-state index is 0.408. The molecule has 0 radical (unpaired) electrons. The molecule has 0 saturated heterocycles. The van der Waals surface area contributed by atoms with Crippen LogP contribution in [-0.2, 0) is 6.42 Å². The number of benzene rings is 2. The zero-order valence-corrected chi connectivity index (χ0v) is 12.4. The van der Waals surface area contributed by atoms with Crippen LogP contribution in [0.5, 0.6) is 0 Å². The van der Waals surface area contributed by atoms with Gasteiger partial charge in [-0.05, 0) is 59.5 Å². The molecule has 0 spiro atoms. The van der Waals surface area contributed by atoms with Crippen molar-refractivity contribution in [1.29, 1.82) is 0 Å². The van der Waals surface area contributed by atoms with E-state index in [0.29, 0.717) is 6.04 Å². The largest absolute Gasteiger partial charge is 0.381 e. The van der Waals surface area contributed by atoms with E-state index in [1.807, 2.05) is 0 Å². The molecule has 0 aliphatic carbocycles. The maximum atomic E-state index is 3.58. The molecule has 0 fully saturated rings. The van der Waals surface area contributed by atoms with Crippen molar-refractivity contribution in [2.24, 2.45) is 0 Å². The van der Waals surface area contributed by atoms with Crippen LogP contribution in [0.25, 0.3) is 0 Å². The smallest absolute Gasteiger partial charge is 0.0489 e. The fourth-order valence-electron chi connectivity index (χ4n) is 2.03. The maximum absolute atomic E-state index is 3.58. The van der Waals surface area contributed by atoms with E-state index in [1.54, 1.807) is 0 Å². The third kappa shape index (κ3) is 3.61. The topological polar surface area (TPSA) is 12.0 Å². The minimum atomic E-state index is 0.408. The first-order valence-electron chi connectivity index (χ1n) is 6.22. The van der Waals surface area contributed by atoms with Crippen molar-refractivity contribution in [1.82, 2.24) is 0 Å². The number of hydrogen-bond acceptors (Lipinski definition) is 1. The zero-order valence-electron chi connectivity index (χ0n) is 10.8. The van der Waals surface area contributed by atoms with E-state index in [1.165, 1.54) is 16.8 Å². The van der Waals surface area contributed by atoms with Gasteiger partial charge in [-0.15, -0.1) is 0 Å². The fourth-order valence-corrected chi connectivity index (χ4v) is 2.39. The van der Waals surface area contributed by atoms with Crippen LogP contribution in [-0.4, -0.2) is 6.04 Å². The summed E-state index contributed by atoms with van der Waals surface area (Å²) in [7, 11) is 0. The summed E-state index contributed by atoms with van der Waals surface area (Å²) in [5.41, 5.74) is 3.80. The third-order valence-corrected chi connectivity index (χ3v) is 3.60. The van der Waals surface area contributed by atoms with Gasteiger partial charge in [0.15, 0.2) is 0 Å². The summed E-state index contributed by atoms with van der Waals surface area (Å²) in [5, 5.41) is 3.55. The van der Waals surface area contributed by atoms with Crippen molar-refractivity contribution in [2.75, 3.05) is 5.32 Å². The van der Waals surface area contributed by atoms with Crippen LogP contribution >= 0.6 is 15.9 Å². The summed E-state index contributed by atoms with van der Waals surface area (Å²) in [5.74, 6) is 0. The number of rotatable bonds is 4. The summed E-state index contributed by atoms with van der Waals surface area (Å²) in [6.45, 7) is 4.32. The molecule has 18 heavy (non-hydrogen) atoms. The zero-order chi connectivity index (χ0) is 13.0. The number of aryl methyl sites for hydroxylation is 1. The molecule has 1 nitrogen and oxygen atoms in total. The number of nitrogens with one attached hydrogen (secondary N) is 1. The Hall–Kier alpha value is -1.28. The standard InChI is InChI=1S/C16H18BrN/c1-12-8-9-15(17)16(10-12)18-13(2)11-14-6-4-3-5-7-14/h3-10,13,18H,11H2,1-2H3. The Morgan fingerprint density at radius 2 is 1.83 bits per heavy atom. The fraction of sp³-hybridized carbons (Fsp3) is 0.250. The van der Waals surface area contributed by atoms with E-state index in [-0.39, 0.29) is 0 Å². The lowest BCUT2D eigenvalue weighted by atomic mass is 10.1. The van der Waals surface area contributed by atoms with Crippen molar-refractivity contribution in [3.8, 4) is 0 Å². The second-order valence-corrected chi connectivity index (χ2v) is 5.57. The maximum Gasteiger partial charge on any atom is 0.0489 e. The Labute approximate surface area is 117 Å². The van der Waals surface area contributed by atoms with Crippen molar-refractivity contribution in [3.63, 3.8) is 0 Å². The van der Waals surface area contributed by atoms with Crippen LogP contribution in [0.1, 0.15) is 18.1 Å². The molecule has 0 aromatic heterocycles. The van der Waals surface area contributed by atoms with Gasteiger partial charge >= 0.3 is 0 Å². The van der Waals surface area contributed by atoms with Crippen molar-refractivity contribution in [3.05, 3.63) is 64.1 Å². The van der Waals surface area contributed by atoms with Gasteiger partial charge in [0, 0.05) is 16.2 Å². The molecule has 1 N–H and O–H groups in total. The Morgan fingerprint density at radius 1 is 1.11 bits per heavy atom. The van der Waals surface area contributed by atoms with Crippen molar-refractivity contribution in [2.45, 2.75) is 26.3 Å². The van der Waals surface area contributed by atoms with Crippen LogP contribution < -0.4 is 5.32 Å². The summed E-state index contributed by atoms with van der Waals surface area (Å²) >= 11 is 3.58. The van der Waals surface area contributed by atoms with Crippen LogP contribution in [0.3, 0.4) is 0 Å². The van der Waals surface area contributed by atoms with Gasteiger partial charge in [0.25, 0.3) is 0 Å². The van der Waals surface area contributed by atoms with Gasteiger partial charge in [-0.3, -0.25) is 0 Å². The Bertz CT molecular complexity index is 508. The molecular formula is C16H18BrN. The number of anilines is 1. The molecule has 2 heteroatoms. The molecule has 94 valence electrons. The van der Waals surface area contributed by atoms with Gasteiger partial charge in [0.1, 0.15) is 0 Å². The molecular weight excluding hydrogens is 286 g/mol.